The van der Waals surface area contributed by atoms with E-state index in [1.165, 1.54) is 18.4 Å². The molecule has 1 amide bonds. The Hall–Kier alpha value is -1.62. The number of carbonyl (C=O) groups excluding carboxylic acids is 1. The fraction of sp³-hybridized carbons (Fsp3) is 0.455. The third-order valence-corrected chi connectivity index (χ3v) is 5.85. The van der Waals surface area contributed by atoms with Crippen LogP contribution >= 0.6 is 24.8 Å². The Kier molecular flexibility index (Phi) is 8.29. The van der Waals surface area contributed by atoms with Crippen molar-refractivity contribution in [3.63, 3.8) is 0 Å². The second-order valence-electron chi connectivity index (χ2n) is 7.83. The fourth-order valence-electron chi connectivity index (χ4n) is 4.50. The van der Waals surface area contributed by atoms with E-state index in [2.05, 4.69) is 46.8 Å². The van der Waals surface area contributed by atoms with Gasteiger partial charge in [0.15, 0.2) is 0 Å². The summed E-state index contributed by atoms with van der Waals surface area (Å²) in [7, 11) is 0. The van der Waals surface area contributed by atoms with Crippen molar-refractivity contribution in [2.45, 2.75) is 57.2 Å². The number of amides is 1. The molecule has 1 aromatic heterocycles. The van der Waals surface area contributed by atoms with E-state index < -0.39 is 0 Å². The van der Waals surface area contributed by atoms with E-state index in [1.54, 1.807) is 12.4 Å². The van der Waals surface area contributed by atoms with Gasteiger partial charge in [0, 0.05) is 30.9 Å². The van der Waals surface area contributed by atoms with Crippen molar-refractivity contribution in [1.29, 1.82) is 0 Å². The number of aromatic nitrogens is 1. The van der Waals surface area contributed by atoms with Crippen molar-refractivity contribution in [3.05, 3.63) is 54.4 Å². The second kappa shape index (κ2) is 10.2. The Balaban J connectivity index is 0.00000140. The molecule has 3 atom stereocenters. The van der Waals surface area contributed by atoms with Crippen LogP contribution in [0.1, 0.15) is 50.6 Å². The average molecular weight is 422 g/mol. The molecule has 2 bridgehead atoms. The van der Waals surface area contributed by atoms with Gasteiger partial charge in [-0.15, -0.1) is 24.8 Å². The van der Waals surface area contributed by atoms with Crippen LogP contribution in [0.25, 0.3) is 11.1 Å². The molecular weight excluding hydrogens is 393 g/mol. The maximum Gasteiger partial charge on any atom is 0.220 e. The van der Waals surface area contributed by atoms with E-state index >= 15 is 0 Å². The van der Waals surface area contributed by atoms with Gasteiger partial charge in [0.05, 0.1) is 6.04 Å². The maximum atomic E-state index is 12.5. The Morgan fingerprint density at radius 2 is 1.61 bits per heavy atom. The van der Waals surface area contributed by atoms with Crippen LogP contribution in [0.2, 0.25) is 0 Å². The number of nitrogens with one attached hydrogen (secondary N) is 2. The molecule has 1 aromatic carbocycles. The Labute approximate surface area is 179 Å². The van der Waals surface area contributed by atoms with Crippen LogP contribution in [0.4, 0.5) is 0 Å². The van der Waals surface area contributed by atoms with E-state index in [0.717, 1.165) is 24.0 Å². The molecule has 28 heavy (non-hydrogen) atoms. The van der Waals surface area contributed by atoms with E-state index in [9.17, 15) is 4.79 Å². The third-order valence-electron chi connectivity index (χ3n) is 5.85. The number of rotatable bonds is 5. The summed E-state index contributed by atoms with van der Waals surface area (Å²) in [6.07, 6.45) is 9.14. The molecule has 2 saturated heterocycles. The number of nitrogens with zero attached hydrogens (tertiary/aromatic N) is 1. The van der Waals surface area contributed by atoms with E-state index in [0.29, 0.717) is 24.4 Å². The summed E-state index contributed by atoms with van der Waals surface area (Å²) in [5.74, 6) is 0.719. The molecule has 0 spiro atoms. The van der Waals surface area contributed by atoms with Gasteiger partial charge in [0.25, 0.3) is 0 Å². The Morgan fingerprint density at radius 3 is 2.21 bits per heavy atom. The molecule has 3 heterocycles. The molecular formula is C22H29Cl2N3O. The molecule has 152 valence electrons. The number of carbonyl (C=O) groups is 1. The van der Waals surface area contributed by atoms with Crippen LogP contribution in [0.3, 0.4) is 0 Å². The van der Waals surface area contributed by atoms with Gasteiger partial charge in [-0.3, -0.25) is 9.78 Å². The molecule has 4 nitrogen and oxygen atoms in total. The first-order valence-electron chi connectivity index (χ1n) is 9.73. The van der Waals surface area contributed by atoms with Crippen molar-refractivity contribution < 1.29 is 4.79 Å². The predicted octanol–water partition coefficient (Wildman–Crippen LogP) is 4.69. The van der Waals surface area contributed by atoms with Crippen LogP contribution < -0.4 is 10.6 Å². The van der Waals surface area contributed by atoms with Crippen LogP contribution in [-0.4, -0.2) is 23.0 Å². The standard InChI is InChI=1S/C22H27N3O.2ClH/c1-15(17-2-4-18(5-3-17)19-8-10-23-11-9-19)24-22(26)14-16-12-20-6-7-21(13-16)25-20;;/h2-5,8-11,15-16,20-21,25H,6-7,12-14H2,1H3,(H,24,26);2*1H. The highest BCUT2D eigenvalue weighted by Gasteiger charge is 2.34. The van der Waals surface area contributed by atoms with Gasteiger partial charge in [-0.2, -0.15) is 0 Å². The number of fused-ring (bicyclic) bond motifs is 2. The summed E-state index contributed by atoms with van der Waals surface area (Å²) < 4.78 is 0. The lowest BCUT2D eigenvalue weighted by atomic mass is 9.89. The molecule has 2 N–H and O–H groups in total. The van der Waals surface area contributed by atoms with Crippen LogP contribution in [0.5, 0.6) is 0 Å². The lowest BCUT2D eigenvalue weighted by Gasteiger charge is -2.29. The lowest BCUT2D eigenvalue weighted by molar-refractivity contribution is -0.122. The van der Waals surface area contributed by atoms with E-state index in [1.807, 2.05) is 12.1 Å². The number of benzene rings is 1. The zero-order valence-electron chi connectivity index (χ0n) is 16.1. The van der Waals surface area contributed by atoms with Crippen molar-refractivity contribution in [2.24, 2.45) is 5.92 Å². The fourth-order valence-corrected chi connectivity index (χ4v) is 4.50. The quantitative estimate of drug-likeness (QED) is 0.735. The van der Waals surface area contributed by atoms with Gasteiger partial charge in [-0.05, 0) is 67.3 Å². The molecule has 4 rings (SSSR count). The number of pyridine rings is 1. The summed E-state index contributed by atoms with van der Waals surface area (Å²) in [6.45, 7) is 2.06. The Morgan fingerprint density at radius 1 is 1.04 bits per heavy atom. The molecule has 3 unspecified atom stereocenters. The molecule has 6 heteroatoms. The molecule has 2 aromatic rings. The van der Waals surface area contributed by atoms with Crippen molar-refractivity contribution >= 4 is 30.7 Å². The number of hydrogen-bond acceptors (Lipinski definition) is 3. The van der Waals surface area contributed by atoms with Gasteiger partial charge in [-0.1, -0.05) is 24.3 Å². The van der Waals surface area contributed by atoms with Crippen LogP contribution in [0.15, 0.2) is 48.8 Å². The van der Waals surface area contributed by atoms with Gasteiger partial charge < -0.3 is 10.6 Å². The first kappa shape index (κ1) is 22.7. The van der Waals surface area contributed by atoms with Crippen LogP contribution in [0, 0.1) is 5.92 Å². The minimum atomic E-state index is 0. The lowest BCUT2D eigenvalue weighted by Crippen LogP contribution is -2.40. The van der Waals surface area contributed by atoms with Crippen molar-refractivity contribution in [1.82, 2.24) is 15.6 Å². The monoisotopic (exact) mass is 421 g/mol. The molecule has 0 radical (unpaired) electrons. The van der Waals surface area contributed by atoms with Gasteiger partial charge in [0.1, 0.15) is 0 Å². The van der Waals surface area contributed by atoms with Gasteiger partial charge >= 0.3 is 0 Å². The summed E-state index contributed by atoms with van der Waals surface area (Å²) in [5.41, 5.74) is 3.46. The van der Waals surface area contributed by atoms with E-state index in [4.69, 9.17) is 0 Å². The number of halogens is 2. The highest BCUT2D eigenvalue weighted by atomic mass is 35.5. The zero-order valence-corrected chi connectivity index (χ0v) is 17.8. The second-order valence-corrected chi connectivity index (χ2v) is 7.83. The van der Waals surface area contributed by atoms with Crippen molar-refractivity contribution in [2.75, 3.05) is 0 Å². The minimum absolute atomic E-state index is 0. The van der Waals surface area contributed by atoms with Gasteiger partial charge in [-0.25, -0.2) is 0 Å². The summed E-state index contributed by atoms with van der Waals surface area (Å²) >= 11 is 0. The first-order valence-corrected chi connectivity index (χ1v) is 9.73. The maximum absolute atomic E-state index is 12.5. The molecule has 2 aliphatic rings. The normalized spacial score (nSPS) is 23.8. The van der Waals surface area contributed by atoms with E-state index in [-0.39, 0.29) is 36.8 Å². The van der Waals surface area contributed by atoms with Crippen molar-refractivity contribution in [3.8, 4) is 11.1 Å². The molecule has 0 saturated carbocycles. The molecule has 2 fully saturated rings. The summed E-state index contributed by atoms with van der Waals surface area (Å²) in [4.78, 5) is 16.5. The SMILES string of the molecule is CC(NC(=O)CC1CC2CCC(C1)N2)c1ccc(-c2ccncc2)cc1.Cl.Cl. The van der Waals surface area contributed by atoms with Crippen LogP contribution in [-0.2, 0) is 4.79 Å². The largest absolute Gasteiger partial charge is 0.350 e. The first-order chi connectivity index (χ1) is 12.7. The number of piperidine rings is 1. The molecule has 0 aliphatic carbocycles. The average Bonchev–Trinajstić information content (AvgIpc) is 3.00. The smallest absolute Gasteiger partial charge is 0.220 e. The Bertz CT molecular complexity index is 742. The topological polar surface area (TPSA) is 54.0 Å². The highest BCUT2D eigenvalue weighted by Crippen LogP contribution is 2.32. The summed E-state index contributed by atoms with van der Waals surface area (Å²) in [5, 5.41) is 6.83. The number of hydrogen-bond donors (Lipinski definition) is 2. The molecule has 2 aliphatic heterocycles. The minimum Gasteiger partial charge on any atom is -0.350 e. The third kappa shape index (κ3) is 5.47. The predicted molar refractivity (Wildman–Crippen MR) is 118 cm³/mol. The highest BCUT2D eigenvalue weighted by molar-refractivity contribution is 5.85. The summed E-state index contributed by atoms with van der Waals surface area (Å²) in [6, 6.07) is 13.8. The zero-order chi connectivity index (χ0) is 17.9. The van der Waals surface area contributed by atoms with Gasteiger partial charge in [0.2, 0.25) is 5.91 Å².